The minimum Gasteiger partial charge on any atom is -0.481 e. The molecular formula is C23H38O5. The van der Waals surface area contributed by atoms with Crippen molar-refractivity contribution in [2.75, 3.05) is 6.61 Å². The highest BCUT2D eigenvalue weighted by Crippen LogP contribution is 2.41. The molecule has 5 heteroatoms. The van der Waals surface area contributed by atoms with Crippen molar-refractivity contribution in [2.45, 2.75) is 78.7 Å². The number of rotatable bonds is 3. The summed E-state index contributed by atoms with van der Waals surface area (Å²) in [4.78, 5) is 20.2. The minimum atomic E-state index is -0.706. The fourth-order valence-electron chi connectivity index (χ4n) is 3.84. The Balaban J connectivity index is 0.000000227. The van der Waals surface area contributed by atoms with Crippen molar-refractivity contribution in [3.63, 3.8) is 0 Å². The number of aliphatic carboxylic acids is 1. The Labute approximate surface area is 169 Å². The van der Waals surface area contributed by atoms with Gasteiger partial charge in [-0.05, 0) is 49.0 Å². The lowest BCUT2D eigenvalue weighted by Crippen LogP contribution is -2.26. The molecule has 0 saturated carbocycles. The Kier molecular flexibility index (Phi) is 11.1. The number of fused-ring (bicyclic) bond motifs is 1. The molecule has 0 spiro atoms. The van der Waals surface area contributed by atoms with Gasteiger partial charge >= 0.3 is 11.9 Å². The fourth-order valence-corrected chi connectivity index (χ4v) is 3.84. The molecule has 1 aliphatic heterocycles. The molecule has 28 heavy (non-hydrogen) atoms. The number of aliphatic hydroxyl groups excluding tert-OH is 1. The van der Waals surface area contributed by atoms with Crippen molar-refractivity contribution in [1.29, 1.82) is 0 Å². The molecule has 0 bridgehead atoms. The Morgan fingerprint density at radius 2 is 2.04 bits per heavy atom. The number of cyclic esters (lactones) is 1. The molecule has 0 amide bonds. The Morgan fingerprint density at radius 1 is 1.32 bits per heavy atom. The van der Waals surface area contributed by atoms with Gasteiger partial charge in [0, 0.05) is 6.42 Å². The standard InChI is InChI=1S/C13H20.C5H8O3.C5H10O2/c1-3-12-10(2)8-9-11-6-4-5-7-13(11)12;6-4-1-2-8-5(7)3-4;1-3-4(2)5(6)7/h6,8-10,12-13H,3-5,7H2,1-2H3;4,6H,1-3H2;4H,3H2,1-2H3,(H,6,7)/t10-,12-,13-;2*4-/m010/s1. The largest absolute Gasteiger partial charge is 0.481 e. The summed E-state index contributed by atoms with van der Waals surface area (Å²) in [6.45, 7) is 8.64. The van der Waals surface area contributed by atoms with E-state index >= 15 is 0 Å². The number of ether oxygens (including phenoxy) is 1. The molecule has 1 heterocycles. The second-order valence-electron chi connectivity index (χ2n) is 8.05. The quantitative estimate of drug-likeness (QED) is 0.675. The predicted octanol–water partition coefficient (Wildman–Crippen LogP) is 4.75. The molecule has 0 aromatic rings. The van der Waals surface area contributed by atoms with E-state index in [0.29, 0.717) is 13.0 Å². The van der Waals surface area contributed by atoms with Gasteiger partial charge < -0.3 is 14.9 Å². The highest BCUT2D eigenvalue weighted by atomic mass is 16.5. The van der Waals surface area contributed by atoms with E-state index in [-0.39, 0.29) is 18.3 Å². The summed E-state index contributed by atoms with van der Waals surface area (Å²) in [7, 11) is 0. The van der Waals surface area contributed by atoms with Crippen LogP contribution < -0.4 is 0 Å². The smallest absolute Gasteiger partial charge is 0.308 e. The van der Waals surface area contributed by atoms with Gasteiger partial charge in [0.1, 0.15) is 0 Å². The molecular weight excluding hydrogens is 356 g/mol. The van der Waals surface area contributed by atoms with E-state index in [2.05, 4.69) is 36.8 Å². The molecule has 3 aliphatic rings. The monoisotopic (exact) mass is 394 g/mol. The summed E-state index contributed by atoms with van der Waals surface area (Å²) in [5.41, 5.74) is 1.64. The highest BCUT2D eigenvalue weighted by Gasteiger charge is 2.30. The lowest BCUT2D eigenvalue weighted by atomic mass is 9.69. The number of hydrogen-bond acceptors (Lipinski definition) is 4. The first-order valence-electron chi connectivity index (χ1n) is 10.7. The van der Waals surface area contributed by atoms with Crippen molar-refractivity contribution < 1.29 is 24.5 Å². The Bertz CT molecular complexity index is 551. The summed E-state index contributed by atoms with van der Waals surface area (Å²) < 4.78 is 4.55. The maximum atomic E-state index is 10.3. The zero-order valence-corrected chi connectivity index (χ0v) is 17.9. The van der Waals surface area contributed by atoms with Crippen LogP contribution in [0.1, 0.15) is 72.6 Å². The number of carboxylic acid groups (broad SMARTS) is 1. The first-order chi connectivity index (χ1) is 13.3. The third kappa shape index (κ3) is 8.17. The van der Waals surface area contributed by atoms with Crippen molar-refractivity contribution in [3.8, 4) is 0 Å². The highest BCUT2D eigenvalue weighted by molar-refractivity contribution is 5.70. The SMILES string of the molecule is CC[C@H](C)C(=O)O.CC[C@H]1[C@@H](C)C=CC2=CCCC[C@@H]21.O=C1C[C@H](O)CCO1. The molecule has 2 N–H and O–H groups in total. The fraction of sp³-hybridized carbons (Fsp3) is 0.739. The van der Waals surface area contributed by atoms with Crippen molar-refractivity contribution >= 4 is 11.9 Å². The van der Waals surface area contributed by atoms with E-state index in [9.17, 15) is 9.59 Å². The normalized spacial score (nSPS) is 29.6. The van der Waals surface area contributed by atoms with Crippen LogP contribution in [0.15, 0.2) is 23.8 Å². The lowest BCUT2D eigenvalue weighted by Gasteiger charge is -2.36. The molecule has 5 nitrogen and oxygen atoms in total. The maximum absolute atomic E-state index is 10.3. The predicted molar refractivity (Wildman–Crippen MR) is 111 cm³/mol. The van der Waals surface area contributed by atoms with E-state index in [0.717, 1.165) is 24.2 Å². The average molecular weight is 395 g/mol. The molecule has 0 aromatic heterocycles. The first-order valence-corrected chi connectivity index (χ1v) is 10.7. The number of hydrogen-bond donors (Lipinski definition) is 2. The van der Waals surface area contributed by atoms with Crippen LogP contribution in [0.2, 0.25) is 0 Å². The molecule has 3 rings (SSSR count). The van der Waals surface area contributed by atoms with E-state index in [4.69, 9.17) is 10.2 Å². The van der Waals surface area contributed by atoms with Gasteiger partial charge in [-0.1, -0.05) is 52.3 Å². The van der Waals surface area contributed by atoms with Gasteiger partial charge in [-0.25, -0.2) is 0 Å². The van der Waals surface area contributed by atoms with Crippen LogP contribution in [0.3, 0.4) is 0 Å². The zero-order chi connectivity index (χ0) is 21.1. The lowest BCUT2D eigenvalue weighted by molar-refractivity contribution is -0.151. The first kappa shape index (κ1) is 24.4. The van der Waals surface area contributed by atoms with Gasteiger partial charge in [0.05, 0.1) is 25.0 Å². The van der Waals surface area contributed by atoms with E-state index in [1.807, 2.05) is 6.92 Å². The topological polar surface area (TPSA) is 83.8 Å². The summed E-state index contributed by atoms with van der Waals surface area (Å²) >= 11 is 0. The van der Waals surface area contributed by atoms with E-state index in [1.165, 1.54) is 25.7 Å². The summed E-state index contributed by atoms with van der Waals surface area (Å²) in [6, 6.07) is 0. The minimum absolute atomic E-state index is 0.167. The molecule has 0 aromatic carbocycles. The second kappa shape index (κ2) is 12.8. The van der Waals surface area contributed by atoms with Crippen LogP contribution in [0.4, 0.5) is 0 Å². The number of carboxylic acids is 1. The summed E-state index contributed by atoms with van der Waals surface area (Å²) in [5.74, 6) is 1.42. The van der Waals surface area contributed by atoms with Gasteiger partial charge in [0.25, 0.3) is 0 Å². The zero-order valence-electron chi connectivity index (χ0n) is 17.9. The van der Waals surface area contributed by atoms with Crippen LogP contribution in [0, 0.1) is 23.7 Å². The average Bonchev–Trinajstić information content (AvgIpc) is 2.68. The molecule has 1 saturated heterocycles. The van der Waals surface area contributed by atoms with Gasteiger partial charge in [-0.3, -0.25) is 9.59 Å². The molecule has 1 fully saturated rings. The van der Waals surface area contributed by atoms with Crippen LogP contribution in [0.25, 0.3) is 0 Å². The van der Waals surface area contributed by atoms with Crippen LogP contribution >= 0.6 is 0 Å². The van der Waals surface area contributed by atoms with Gasteiger partial charge in [0.2, 0.25) is 0 Å². The van der Waals surface area contributed by atoms with E-state index < -0.39 is 12.1 Å². The number of carbonyl (C=O) groups is 2. The summed E-state index contributed by atoms with van der Waals surface area (Å²) in [5, 5.41) is 17.0. The molecule has 0 unspecified atom stereocenters. The number of carbonyl (C=O) groups excluding carboxylic acids is 1. The Hall–Kier alpha value is -1.62. The van der Waals surface area contributed by atoms with E-state index in [1.54, 1.807) is 12.5 Å². The number of aliphatic hydroxyl groups is 1. The third-order valence-corrected chi connectivity index (χ3v) is 5.93. The second-order valence-corrected chi connectivity index (χ2v) is 8.05. The van der Waals surface area contributed by atoms with Crippen LogP contribution in [-0.4, -0.2) is 34.9 Å². The van der Waals surface area contributed by atoms with Crippen LogP contribution in [-0.2, 0) is 14.3 Å². The number of allylic oxidation sites excluding steroid dienone is 4. The molecule has 160 valence electrons. The molecule has 5 atom stereocenters. The third-order valence-electron chi connectivity index (χ3n) is 5.93. The molecule has 2 aliphatic carbocycles. The van der Waals surface area contributed by atoms with Crippen molar-refractivity contribution in [1.82, 2.24) is 0 Å². The van der Waals surface area contributed by atoms with Gasteiger partial charge in [-0.2, -0.15) is 0 Å². The maximum Gasteiger partial charge on any atom is 0.308 e. The molecule has 0 radical (unpaired) electrons. The Morgan fingerprint density at radius 3 is 2.50 bits per heavy atom. The van der Waals surface area contributed by atoms with Gasteiger partial charge in [-0.15, -0.1) is 0 Å². The van der Waals surface area contributed by atoms with Crippen molar-refractivity contribution in [2.24, 2.45) is 23.7 Å². The van der Waals surface area contributed by atoms with Gasteiger partial charge in [0.15, 0.2) is 0 Å². The number of esters is 1. The van der Waals surface area contributed by atoms with Crippen LogP contribution in [0.5, 0.6) is 0 Å². The summed E-state index contributed by atoms with van der Waals surface area (Å²) in [6.07, 6.45) is 13.7. The van der Waals surface area contributed by atoms with Crippen molar-refractivity contribution in [3.05, 3.63) is 23.8 Å².